The Labute approximate surface area is 143 Å². The molecule has 1 aliphatic heterocycles. The number of ketones is 1. The number of amides is 1. The van der Waals surface area contributed by atoms with E-state index in [1.165, 1.54) is 17.0 Å². The number of nitrogens with zero attached hydrogens (tertiary/aromatic N) is 2. The number of Topliss-reactive ketones (excluding diaryl/α,β-unsaturated/α-hetero) is 1. The van der Waals surface area contributed by atoms with Gasteiger partial charge in [0.25, 0.3) is 11.7 Å². The molecule has 4 rings (SSSR count). The zero-order valence-electron chi connectivity index (χ0n) is 13.1. The molecule has 0 atom stereocenters. The molecule has 3 aromatic rings. The predicted molar refractivity (Wildman–Crippen MR) is 91.6 cm³/mol. The quantitative estimate of drug-likeness (QED) is 0.688. The molecule has 0 bridgehead atoms. The van der Waals surface area contributed by atoms with Gasteiger partial charge in [-0.05, 0) is 47.0 Å². The molecule has 1 aliphatic rings. The van der Waals surface area contributed by atoms with Crippen molar-refractivity contribution in [2.45, 2.75) is 6.54 Å². The smallest absolute Gasteiger partial charge is 0.299 e. The highest BCUT2D eigenvalue weighted by atomic mass is 19.1. The van der Waals surface area contributed by atoms with Crippen molar-refractivity contribution in [3.05, 3.63) is 83.9 Å². The standard InChI is InChI=1S/C20H13FN2O2/c21-16-6-3-14(4-7-16)15-5-8-18-17(10-15)19(24)20(25)23(18)12-13-2-1-9-22-11-13/h1-11H,12H2. The molecule has 5 heteroatoms. The van der Waals surface area contributed by atoms with Crippen molar-refractivity contribution in [2.75, 3.05) is 4.90 Å². The highest BCUT2D eigenvalue weighted by Crippen LogP contribution is 2.34. The van der Waals surface area contributed by atoms with Crippen molar-refractivity contribution in [3.63, 3.8) is 0 Å². The summed E-state index contributed by atoms with van der Waals surface area (Å²) in [4.78, 5) is 30.2. The summed E-state index contributed by atoms with van der Waals surface area (Å²) in [7, 11) is 0. The molecule has 1 aromatic heterocycles. The van der Waals surface area contributed by atoms with Crippen LogP contribution in [-0.4, -0.2) is 16.7 Å². The highest BCUT2D eigenvalue weighted by molar-refractivity contribution is 6.52. The lowest BCUT2D eigenvalue weighted by atomic mass is 10.0. The fraction of sp³-hybridized carbons (Fsp3) is 0.0500. The van der Waals surface area contributed by atoms with E-state index in [1.807, 2.05) is 12.1 Å². The van der Waals surface area contributed by atoms with Crippen molar-refractivity contribution < 1.29 is 14.0 Å². The Bertz CT molecular complexity index is 969. The van der Waals surface area contributed by atoms with Gasteiger partial charge in [-0.25, -0.2) is 4.39 Å². The van der Waals surface area contributed by atoms with Crippen LogP contribution in [0.3, 0.4) is 0 Å². The number of hydrogen-bond donors (Lipinski definition) is 0. The molecule has 0 spiro atoms. The molecule has 0 saturated carbocycles. The van der Waals surface area contributed by atoms with E-state index in [-0.39, 0.29) is 5.82 Å². The third-order valence-electron chi connectivity index (χ3n) is 4.21. The Kier molecular flexibility index (Phi) is 3.61. The van der Waals surface area contributed by atoms with Crippen LogP contribution in [0.5, 0.6) is 0 Å². The number of carbonyl (C=O) groups is 2. The Morgan fingerprint density at radius 1 is 0.960 bits per heavy atom. The van der Waals surface area contributed by atoms with Gasteiger partial charge in [-0.15, -0.1) is 0 Å². The van der Waals surface area contributed by atoms with Crippen molar-refractivity contribution in [2.24, 2.45) is 0 Å². The van der Waals surface area contributed by atoms with E-state index in [1.54, 1.807) is 42.7 Å². The fourth-order valence-corrected chi connectivity index (χ4v) is 2.95. The van der Waals surface area contributed by atoms with Crippen molar-refractivity contribution in [1.82, 2.24) is 4.98 Å². The van der Waals surface area contributed by atoms with Crippen molar-refractivity contribution in [3.8, 4) is 11.1 Å². The largest absolute Gasteiger partial charge is 0.300 e. The molecule has 0 aliphatic carbocycles. The van der Waals surface area contributed by atoms with E-state index in [0.29, 0.717) is 17.8 Å². The summed E-state index contributed by atoms with van der Waals surface area (Å²) in [5.74, 6) is -1.39. The predicted octanol–water partition coefficient (Wildman–Crippen LogP) is 3.62. The van der Waals surface area contributed by atoms with Gasteiger partial charge in [0, 0.05) is 12.4 Å². The monoisotopic (exact) mass is 332 g/mol. The minimum absolute atomic E-state index is 0.293. The molecule has 25 heavy (non-hydrogen) atoms. The maximum absolute atomic E-state index is 13.1. The Morgan fingerprint density at radius 2 is 1.72 bits per heavy atom. The van der Waals surface area contributed by atoms with E-state index in [0.717, 1.165) is 16.7 Å². The first-order valence-corrected chi connectivity index (χ1v) is 7.78. The summed E-state index contributed by atoms with van der Waals surface area (Å²) in [6.07, 6.45) is 3.33. The number of anilines is 1. The van der Waals surface area contributed by atoms with Crippen LogP contribution in [-0.2, 0) is 11.3 Å². The first-order valence-electron chi connectivity index (χ1n) is 7.78. The average Bonchev–Trinajstić information content (AvgIpc) is 2.88. The van der Waals surface area contributed by atoms with Gasteiger partial charge in [0.15, 0.2) is 0 Å². The Balaban J connectivity index is 1.71. The molecule has 0 unspecified atom stereocenters. The molecular formula is C20H13FN2O2. The maximum Gasteiger partial charge on any atom is 0.299 e. The fourth-order valence-electron chi connectivity index (χ4n) is 2.95. The van der Waals surface area contributed by atoms with E-state index in [2.05, 4.69) is 4.98 Å². The van der Waals surface area contributed by atoms with Gasteiger partial charge in [-0.3, -0.25) is 14.6 Å². The van der Waals surface area contributed by atoms with Crippen LogP contribution >= 0.6 is 0 Å². The molecule has 2 heterocycles. The van der Waals surface area contributed by atoms with Crippen LogP contribution in [0.4, 0.5) is 10.1 Å². The minimum Gasteiger partial charge on any atom is -0.300 e. The summed E-state index contributed by atoms with van der Waals surface area (Å²) in [5, 5.41) is 0. The summed E-state index contributed by atoms with van der Waals surface area (Å²) < 4.78 is 13.1. The van der Waals surface area contributed by atoms with Gasteiger partial charge in [0.2, 0.25) is 0 Å². The molecular weight excluding hydrogens is 319 g/mol. The van der Waals surface area contributed by atoms with Gasteiger partial charge in [0.05, 0.1) is 17.8 Å². The summed E-state index contributed by atoms with van der Waals surface area (Å²) >= 11 is 0. The SMILES string of the molecule is O=C1C(=O)N(Cc2cccnc2)c2ccc(-c3ccc(F)cc3)cc21. The normalized spacial score (nSPS) is 13.2. The van der Waals surface area contributed by atoms with Gasteiger partial charge in [0.1, 0.15) is 5.82 Å². The minimum atomic E-state index is -0.546. The van der Waals surface area contributed by atoms with E-state index >= 15 is 0 Å². The van der Waals surface area contributed by atoms with E-state index in [9.17, 15) is 14.0 Å². The maximum atomic E-state index is 13.1. The first-order chi connectivity index (χ1) is 12.1. The average molecular weight is 332 g/mol. The van der Waals surface area contributed by atoms with Crippen LogP contribution in [0, 0.1) is 5.82 Å². The molecule has 4 nitrogen and oxygen atoms in total. The van der Waals surface area contributed by atoms with Crippen LogP contribution in [0.1, 0.15) is 15.9 Å². The summed E-state index contributed by atoms with van der Waals surface area (Å²) in [6, 6.07) is 14.9. The second-order valence-corrected chi connectivity index (χ2v) is 5.82. The summed E-state index contributed by atoms with van der Waals surface area (Å²) in [6.45, 7) is 0.293. The lowest BCUT2D eigenvalue weighted by molar-refractivity contribution is -0.114. The van der Waals surface area contributed by atoms with Crippen LogP contribution in [0.25, 0.3) is 11.1 Å². The molecule has 122 valence electrons. The first kappa shape index (κ1) is 15.2. The molecule has 0 fully saturated rings. The molecule has 0 N–H and O–H groups in total. The van der Waals surface area contributed by atoms with Gasteiger partial charge < -0.3 is 4.90 Å². The third-order valence-corrected chi connectivity index (χ3v) is 4.21. The second kappa shape index (κ2) is 5.94. The topological polar surface area (TPSA) is 50.3 Å². The number of carbonyl (C=O) groups excluding carboxylic acids is 2. The molecule has 2 aromatic carbocycles. The van der Waals surface area contributed by atoms with Gasteiger partial charge in [-0.2, -0.15) is 0 Å². The van der Waals surface area contributed by atoms with Crippen molar-refractivity contribution >= 4 is 17.4 Å². The number of halogens is 1. The molecule has 0 radical (unpaired) electrons. The number of pyridine rings is 1. The zero-order valence-corrected chi connectivity index (χ0v) is 13.1. The number of fused-ring (bicyclic) bond motifs is 1. The van der Waals surface area contributed by atoms with Crippen molar-refractivity contribution in [1.29, 1.82) is 0 Å². The molecule has 1 amide bonds. The number of hydrogen-bond acceptors (Lipinski definition) is 3. The van der Waals surface area contributed by atoms with E-state index < -0.39 is 11.7 Å². The van der Waals surface area contributed by atoms with Gasteiger partial charge >= 0.3 is 0 Å². The van der Waals surface area contributed by atoms with Gasteiger partial charge in [-0.1, -0.05) is 24.3 Å². The number of aromatic nitrogens is 1. The number of benzene rings is 2. The second-order valence-electron chi connectivity index (χ2n) is 5.82. The third kappa shape index (κ3) is 2.70. The van der Waals surface area contributed by atoms with Crippen LogP contribution in [0.15, 0.2) is 67.0 Å². The van der Waals surface area contributed by atoms with Crippen LogP contribution < -0.4 is 4.90 Å². The lowest BCUT2D eigenvalue weighted by Gasteiger charge is -2.16. The van der Waals surface area contributed by atoms with Crippen LogP contribution in [0.2, 0.25) is 0 Å². The Morgan fingerprint density at radius 3 is 2.44 bits per heavy atom. The Hall–Kier alpha value is -3.34. The molecule has 0 saturated heterocycles. The zero-order chi connectivity index (χ0) is 17.4. The highest BCUT2D eigenvalue weighted by Gasteiger charge is 2.35. The number of rotatable bonds is 3. The summed E-state index contributed by atoms with van der Waals surface area (Å²) in [5.41, 5.74) is 3.36. The van der Waals surface area contributed by atoms with E-state index in [4.69, 9.17) is 0 Å². The lowest BCUT2D eigenvalue weighted by Crippen LogP contribution is -2.29.